The summed E-state index contributed by atoms with van der Waals surface area (Å²) in [7, 11) is 0. The standard InChI is InChI=1S/C40H70N2O29/c1-10-20(50)25(55)29(59)37(63-10)69-33-18(8-46)67-36(19(42-13(4)48)34(33)70-39-31(61)27(57)23(53)16(6-44)65-39)62-9-15(49)22(52)32(14(5-43)41-12(3)47)68-40-35(28(58)24(54)17(7-45)66-40)71-38-30(60)26(56)21(51)11(2)64-38/h10-11,14-40,43-46,49-61H,5-9H2,1-4H3,(H,41,47)(H,42,48)/t10-,11-,14+,15-,16-,17-,18-,19-,20+,21+,22+,23-,24+,25+,26+,27+,28+,29-,30-,31-,32-,33-,34-,35-,36-,37-,38-,39+,40+/m1/s1. The highest BCUT2D eigenvalue weighted by Gasteiger charge is 2.56. The summed E-state index contributed by atoms with van der Waals surface area (Å²) in [5.41, 5.74) is 0. The van der Waals surface area contributed by atoms with E-state index in [4.69, 9.17) is 47.4 Å². The quantitative estimate of drug-likeness (QED) is 0.0538. The minimum absolute atomic E-state index is 0.825. The second-order valence-corrected chi connectivity index (χ2v) is 18.0. The molecule has 414 valence electrons. The lowest BCUT2D eigenvalue weighted by atomic mass is 9.94. The van der Waals surface area contributed by atoms with Crippen LogP contribution in [0.5, 0.6) is 0 Å². The maximum atomic E-state index is 12.8. The molecule has 0 unspecified atom stereocenters. The molecule has 2 amide bonds. The molecule has 0 radical (unpaired) electrons. The zero-order chi connectivity index (χ0) is 52.9. The van der Waals surface area contributed by atoms with Crippen molar-refractivity contribution in [3.8, 4) is 0 Å². The minimum atomic E-state index is -2.32. The summed E-state index contributed by atoms with van der Waals surface area (Å²) < 4.78 is 57.8. The third-order valence-electron chi connectivity index (χ3n) is 12.8. The molecule has 5 heterocycles. The summed E-state index contributed by atoms with van der Waals surface area (Å²) >= 11 is 0. The van der Waals surface area contributed by atoms with Crippen LogP contribution in [0.4, 0.5) is 0 Å². The topological polar surface area (TPSA) is 494 Å². The molecule has 5 aliphatic rings. The second kappa shape index (κ2) is 26.1. The molecule has 71 heavy (non-hydrogen) atoms. The largest absolute Gasteiger partial charge is 0.394 e. The first-order chi connectivity index (χ1) is 33.4. The van der Waals surface area contributed by atoms with Crippen molar-refractivity contribution in [1.82, 2.24) is 10.6 Å². The fourth-order valence-corrected chi connectivity index (χ4v) is 8.69. The summed E-state index contributed by atoms with van der Waals surface area (Å²) in [5, 5.41) is 186. The molecule has 19 N–H and O–H groups in total. The molecule has 0 bridgehead atoms. The molecule has 5 aliphatic heterocycles. The van der Waals surface area contributed by atoms with Crippen molar-refractivity contribution in [2.45, 2.75) is 206 Å². The van der Waals surface area contributed by atoms with Gasteiger partial charge in [0.25, 0.3) is 0 Å². The Morgan fingerprint density at radius 2 is 0.944 bits per heavy atom. The zero-order valence-corrected chi connectivity index (χ0v) is 38.8. The third kappa shape index (κ3) is 13.6. The van der Waals surface area contributed by atoms with Crippen molar-refractivity contribution in [3.63, 3.8) is 0 Å². The smallest absolute Gasteiger partial charge is 0.217 e. The first kappa shape index (κ1) is 59.7. The van der Waals surface area contributed by atoms with Gasteiger partial charge in [0.2, 0.25) is 11.8 Å². The van der Waals surface area contributed by atoms with Crippen molar-refractivity contribution in [2.24, 2.45) is 0 Å². The number of carbonyl (C=O) groups excluding carboxylic acids is 2. The average Bonchev–Trinajstić information content (AvgIpc) is 3.33. The van der Waals surface area contributed by atoms with E-state index in [0.717, 1.165) is 13.8 Å². The molecule has 0 spiro atoms. The molecule has 0 aromatic heterocycles. The molecular formula is C40H70N2O29. The van der Waals surface area contributed by atoms with Crippen LogP contribution < -0.4 is 10.6 Å². The molecular weight excluding hydrogens is 972 g/mol. The summed E-state index contributed by atoms with van der Waals surface area (Å²) in [4.78, 5) is 25.2. The molecule has 5 fully saturated rings. The lowest BCUT2D eigenvalue weighted by Gasteiger charge is -2.50. The molecule has 5 rings (SSSR count). The van der Waals surface area contributed by atoms with E-state index in [2.05, 4.69) is 10.6 Å². The van der Waals surface area contributed by atoms with E-state index >= 15 is 0 Å². The van der Waals surface area contributed by atoms with Gasteiger partial charge in [-0.3, -0.25) is 9.59 Å². The van der Waals surface area contributed by atoms with Crippen LogP contribution >= 0.6 is 0 Å². The van der Waals surface area contributed by atoms with Gasteiger partial charge in [0.1, 0.15) is 128 Å². The fraction of sp³-hybridized carbons (Fsp3) is 0.950. The first-order valence-electron chi connectivity index (χ1n) is 22.7. The SMILES string of the molecule is CC(=O)N[C@H]1[C@H](OC[C@@H](O)[C@H](O)[C@H](O[C@@H]2O[C@H](CO)[C@H](O)[C@H](O)[C@H]2O[C@H]2O[C@H](C)[C@H](O)[C@H](O)[C@H]2O)[C@H](CO)NC(C)=O)O[C@H](CO)[C@@H](O[C@H]2O[C@H](C)[C@H](O)[C@H](O)[C@H]2O)[C@@H]1O[C@@H]1O[C@H](CO)[C@@H](O)[C@H](O)[C@H]1O. The normalized spacial score (nSPS) is 46.1. The molecule has 29 atom stereocenters. The van der Waals surface area contributed by atoms with Crippen LogP contribution in [-0.2, 0) is 57.0 Å². The number of amides is 2. The fourth-order valence-electron chi connectivity index (χ4n) is 8.69. The maximum absolute atomic E-state index is 12.8. The van der Waals surface area contributed by atoms with E-state index in [1.807, 2.05) is 0 Å². The Balaban J connectivity index is 1.46. The number of aliphatic hydroxyl groups is 17. The predicted molar refractivity (Wildman–Crippen MR) is 222 cm³/mol. The van der Waals surface area contributed by atoms with Gasteiger partial charge in [-0.1, -0.05) is 0 Å². The number of nitrogens with one attached hydrogen (secondary N) is 2. The molecule has 0 aliphatic carbocycles. The molecule has 0 aromatic rings. The summed E-state index contributed by atoms with van der Waals surface area (Å²) in [6, 6.07) is -3.42. The monoisotopic (exact) mass is 1040 g/mol. The van der Waals surface area contributed by atoms with Gasteiger partial charge in [-0.25, -0.2) is 0 Å². The molecule has 0 aromatic carbocycles. The Morgan fingerprint density at radius 3 is 1.42 bits per heavy atom. The van der Waals surface area contributed by atoms with Gasteiger partial charge < -0.3 is 145 Å². The van der Waals surface area contributed by atoms with Gasteiger partial charge in [0.15, 0.2) is 31.5 Å². The highest BCUT2D eigenvalue weighted by Crippen LogP contribution is 2.35. The molecule has 31 nitrogen and oxygen atoms in total. The van der Waals surface area contributed by atoms with Crippen molar-refractivity contribution in [1.29, 1.82) is 0 Å². The van der Waals surface area contributed by atoms with E-state index in [1.165, 1.54) is 13.8 Å². The summed E-state index contributed by atoms with van der Waals surface area (Å²) in [5.74, 6) is -1.68. The van der Waals surface area contributed by atoms with Crippen molar-refractivity contribution >= 4 is 11.8 Å². The Labute approximate surface area is 404 Å². The van der Waals surface area contributed by atoms with Gasteiger partial charge in [-0.15, -0.1) is 0 Å². The van der Waals surface area contributed by atoms with Gasteiger partial charge >= 0.3 is 0 Å². The number of carbonyl (C=O) groups is 2. The van der Waals surface area contributed by atoms with Crippen LogP contribution in [0.1, 0.15) is 27.7 Å². The summed E-state index contributed by atoms with van der Waals surface area (Å²) in [6.07, 6.45) is -50.0. The maximum Gasteiger partial charge on any atom is 0.217 e. The lowest BCUT2D eigenvalue weighted by Crippen LogP contribution is -2.70. The molecule has 0 saturated carbocycles. The average molecular weight is 1040 g/mol. The minimum Gasteiger partial charge on any atom is -0.394 e. The van der Waals surface area contributed by atoms with E-state index in [9.17, 15) is 96.4 Å². The van der Waals surface area contributed by atoms with Crippen molar-refractivity contribution < 1.29 is 144 Å². The Hall–Kier alpha value is -2.14. The second-order valence-electron chi connectivity index (χ2n) is 18.0. The Morgan fingerprint density at radius 1 is 0.507 bits per heavy atom. The Kier molecular flexibility index (Phi) is 21.9. The number of hydrogen-bond donors (Lipinski definition) is 19. The third-order valence-corrected chi connectivity index (χ3v) is 12.8. The highest BCUT2D eigenvalue weighted by molar-refractivity contribution is 5.73. The van der Waals surface area contributed by atoms with E-state index < -0.39 is 223 Å². The van der Waals surface area contributed by atoms with E-state index in [0.29, 0.717) is 0 Å². The first-order valence-corrected chi connectivity index (χ1v) is 22.7. The predicted octanol–water partition coefficient (Wildman–Crippen LogP) is -12.1. The van der Waals surface area contributed by atoms with Crippen molar-refractivity contribution in [3.05, 3.63) is 0 Å². The van der Waals surface area contributed by atoms with Crippen LogP contribution in [0.2, 0.25) is 0 Å². The molecule has 5 saturated heterocycles. The van der Waals surface area contributed by atoms with Crippen molar-refractivity contribution in [2.75, 3.05) is 33.0 Å². The van der Waals surface area contributed by atoms with Gasteiger partial charge in [-0.2, -0.15) is 0 Å². The van der Waals surface area contributed by atoms with Gasteiger partial charge in [0.05, 0.1) is 51.3 Å². The molecule has 31 heteroatoms. The number of aliphatic hydroxyl groups excluding tert-OH is 17. The van der Waals surface area contributed by atoms with Crippen LogP contribution in [0.25, 0.3) is 0 Å². The van der Waals surface area contributed by atoms with E-state index in [1.54, 1.807) is 0 Å². The van der Waals surface area contributed by atoms with Gasteiger partial charge in [-0.05, 0) is 13.8 Å². The number of ether oxygens (including phenoxy) is 10. The lowest BCUT2D eigenvalue weighted by molar-refractivity contribution is -0.376. The van der Waals surface area contributed by atoms with Crippen LogP contribution in [0.3, 0.4) is 0 Å². The van der Waals surface area contributed by atoms with Crippen LogP contribution in [0, 0.1) is 0 Å². The zero-order valence-electron chi connectivity index (χ0n) is 38.8. The Bertz CT molecular complexity index is 1660. The number of hydrogen-bond acceptors (Lipinski definition) is 29. The van der Waals surface area contributed by atoms with E-state index in [-0.39, 0.29) is 0 Å². The number of rotatable bonds is 20. The summed E-state index contributed by atoms with van der Waals surface area (Å²) in [6.45, 7) is -0.382. The van der Waals surface area contributed by atoms with Gasteiger partial charge in [0, 0.05) is 13.8 Å². The van der Waals surface area contributed by atoms with Crippen LogP contribution in [0.15, 0.2) is 0 Å². The van der Waals surface area contributed by atoms with Crippen LogP contribution in [-0.4, -0.2) is 309 Å². The highest BCUT2D eigenvalue weighted by atomic mass is 16.8.